The maximum absolute atomic E-state index is 11.7. The molecular weight excluding hydrogens is 228 g/mol. The fraction of sp³-hybridized carbons (Fsp3) is 0.929. The topological polar surface area (TPSA) is 43.8 Å². The van der Waals surface area contributed by atoms with Crippen molar-refractivity contribution in [2.45, 2.75) is 45.7 Å². The lowest BCUT2D eigenvalue weighted by Crippen LogP contribution is -2.66. The summed E-state index contributed by atoms with van der Waals surface area (Å²) in [6.07, 6.45) is 2.81. The number of carboxylic acid groups (broad SMARTS) is 1. The quantitative estimate of drug-likeness (QED) is 0.782. The van der Waals surface area contributed by atoms with Crippen LogP contribution in [0.5, 0.6) is 0 Å². The van der Waals surface area contributed by atoms with Crippen LogP contribution < -0.4 is 0 Å². The Morgan fingerprint density at radius 1 is 1.33 bits per heavy atom. The Labute approximate surface area is 110 Å². The first-order valence-corrected chi connectivity index (χ1v) is 6.91. The second kappa shape index (κ2) is 4.12. The number of hydrogen-bond acceptors (Lipinski definition) is 2. The van der Waals surface area contributed by atoms with Crippen LogP contribution in [0.1, 0.15) is 40.0 Å². The number of amides is 1. The van der Waals surface area contributed by atoms with E-state index in [4.69, 9.17) is 0 Å². The molecule has 1 aliphatic heterocycles. The highest BCUT2D eigenvalue weighted by atomic mass is 16.4. The maximum Gasteiger partial charge on any atom is 0.408 e. The summed E-state index contributed by atoms with van der Waals surface area (Å²) in [5, 5.41) is 9.62. The second-order valence-corrected chi connectivity index (χ2v) is 7.06. The zero-order chi connectivity index (χ0) is 13.7. The molecule has 2 aliphatic rings. The number of carbonyl (C=O) groups is 1. The third-order valence-electron chi connectivity index (χ3n) is 5.02. The first-order valence-electron chi connectivity index (χ1n) is 6.91. The average molecular weight is 254 g/mol. The lowest BCUT2D eigenvalue weighted by atomic mass is 9.70. The highest BCUT2D eigenvalue weighted by molar-refractivity contribution is 5.67. The number of fused-ring (bicyclic) bond motifs is 1. The predicted octanol–water partition coefficient (Wildman–Crippen LogP) is 2.70. The summed E-state index contributed by atoms with van der Waals surface area (Å²) in [5.74, 6) is 1.02. The van der Waals surface area contributed by atoms with Gasteiger partial charge in [0.2, 0.25) is 0 Å². The van der Waals surface area contributed by atoms with Crippen LogP contribution in [0.15, 0.2) is 0 Å². The minimum Gasteiger partial charge on any atom is -0.465 e. The molecule has 0 aromatic carbocycles. The molecule has 2 fully saturated rings. The Bertz CT molecular complexity index is 348. The fourth-order valence-electron chi connectivity index (χ4n) is 4.79. The van der Waals surface area contributed by atoms with Crippen molar-refractivity contribution in [2.24, 2.45) is 17.3 Å². The average Bonchev–Trinajstić information content (AvgIpc) is 2.70. The number of hydrogen-bond donors (Lipinski definition) is 1. The highest BCUT2D eigenvalue weighted by Gasteiger charge is 2.63. The molecule has 1 N–H and O–H groups in total. The van der Waals surface area contributed by atoms with Gasteiger partial charge in [-0.25, -0.2) is 4.79 Å². The van der Waals surface area contributed by atoms with Gasteiger partial charge in [-0.15, -0.1) is 0 Å². The summed E-state index contributed by atoms with van der Waals surface area (Å²) in [4.78, 5) is 15.6. The van der Waals surface area contributed by atoms with Crippen molar-refractivity contribution in [1.82, 2.24) is 9.80 Å². The lowest BCUT2D eigenvalue weighted by molar-refractivity contribution is -0.0996. The molecule has 1 heterocycles. The molecule has 0 bridgehead atoms. The van der Waals surface area contributed by atoms with E-state index in [0.29, 0.717) is 18.4 Å². The van der Waals surface area contributed by atoms with Crippen LogP contribution in [0.3, 0.4) is 0 Å². The van der Waals surface area contributed by atoms with Crippen molar-refractivity contribution in [3.8, 4) is 0 Å². The molecule has 2 rings (SSSR count). The standard InChI is InChI=1S/C14H26N2O2/c1-13(2,3)14(15(4)5)11-8-6-7-10(11)9-16(14)12(17)18/h10-11H,6-9H2,1-5H3,(H,17,18). The van der Waals surface area contributed by atoms with Gasteiger partial charge < -0.3 is 5.11 Å². The summed E-state index contributed by atoms with van der Waals surface area (Å²) in [6.45, 7) is 7.21. The van der Waals surface area contributed by atoms with Crippen molar-refractivity contribution in [3.05, 3.63) is 0 Å². The third-order valence-corrected chi connectivity index (χ3v) is 5.02. The molecule has 0 aromatic heterocycles. The number of rotatable bonds is 1. The Hall–Kier alpha value is -0.770. The molecule has 0 radical (unpaired) electrons. The second-order valence-electron chi connectivity index (χ2n) is 7.06. The monoisotopic (exact) mass is 254 g/mol. The Morgan fingerprint density at radius 3 is 2.39 bits per heavy atom. The van der Waals surface area contributed by atoms with Gasteiger partial charge in [0, 0.05) is 12.5 Å². The van der Waals surface area contributed by atoms with E-state index in [-0.39, 0.29) is 11.1 Å². The van der Waals surface area contributed by atoms with E-state index in [2.05, 4.69) is 25.7 Å². The zero-order valence-corrected chi connectivity index (χ0v) is 12.2. The van der Waals surface area contributed by atoms with Crippen molar-refractivity contribution in [2.75, 3.05) is 20.6 Å². The van der Waals surface area contributed by atoms with Gasteiger partial charge in [-0.05, 0) is 38.3 Å². The van der Waals surface area contributed by atoms with Crippen molar-refractivity contribution in [1.29, 1.82) is 0 Å². The Balaban J connectivity index is 2.54. The normalized spacial score (nSPS) is 36.2. The molecule has 4 nitrogen and oxygen atoms in total. The minimum absolute atomic E-state index is 0.0847. The van der Waals surface area contributed by atoms with Gasteiger partial charge in [-0.2, -0.15) is 0 Å². The molecule has 18 heavy (non-hydrogen) atoms. The Kier molecular flexibility index (Phi) is 3.13. The van der Waals surface area contributed by atoms with Crippen molar-refractivity contribution < 1.29 is 9.90 Å². The van der Waals surface area contributed by atoms with Crippen LogP contribution >= 0.6 is 0 Å². The molecule has 0 spiro atoms. The highest BCUT2D eigenvalue weighted by Crippen LogP contribution is 2.56. The summed E-state index contributed by atoms with van der Waals surface area (Å²) in [6, 6.07) is 0. The molecule has 3 atom stereocenters. The molecule has 4 heteroatoms. The molecule has 0 aromatic rings. The fourth-order valence-corrected chi connectivity index (χ4v) is 4.79. The summed E-state index contributed by atoms with van der Waals surface area (Å²) in [5.41, 5.74) is -0.446. The first kappa shape index (κ1) is 13.7. The van der Waals surface area contributed by atoms with Crippen molar-refractivity contribution >= 4 is 6.09 Å². The van der Waals surface area contributed by atoms with Gasteiger partial charge >= 0.3 is 6.09 Å². The van der Waals surface area contributed by atoms with Gasteiger partial charge in [0.05, 0.1) is 0 Å². The van der Waals surface area contributed by atoms with E-state index < -0.39 is 6.09 Å². The summed E-state index contributed by atoms with van der Waals surface area (Å²) >= 11 is 0. The van der Waals surface area contributed by atoms with Crippen LogP contribution in [0.4, 0.5) is 4.79 Å². The van der Waals surface area contributed by atoms with E-state index in [1.807, 2.05) is 14.1 Å². The van der Waals surface area contributed by atoms with E-state index in [1.165, 1.54) is 12.8 Å². The van der Waals surface area contributed by atoms with E-state index in [9.17, 15) is 9.90 Å². The van der Waals surface area contributed by atoms with Gasteiger partial charge in [0.15, 0.2) is 0 Å². The van der Waals surface area contributed by atoms with Crippen LogP contribution in [0.2, 0.25) is 0 Å². The van der Waals surface area contributed by atoms with Crippen molar-refractivity contribution in [3.63, 3.8) is 0 Å². The molecule has 104 valence electrons. The molecule has 1 saturated heterocycles. The third kappa shape index (κ3) is 1.58. The van der Waals surface area contributed by atoms with Crippen LogP contribution in [-0.2, 0) is 0 Å². The SMILES string of the molecule is CN(C)C1(C(C)(C)C)C2CCCC2CN1C(=O)O. The maximum atomic E-state index is 11.7. The van der Waals surface area contributed by atoms with E-state index in [0.717, 1.165) is 6.42 Å². The first-order chi connectivity index (χ1) is 8.23. The van der Waals surface area contributed by atoms with Crippen LogP contribution in [-0.4, -0.2) is 47.3 Å². The Morgan fingerprint density at radius 2 is 1.94 bits per heavy atom. The smallest absolute Gasteiger partial charge is 0.408 e. The van der Waals surface area contributed by atoms with Crippen LogP contribution in [0, 0.1) is 17.3 Å². The van der Waals surface area contributed by atoms with Gasteiger partial charge in [-0.3, -0.25) is 9.80 Å². The summed E-state index contributed by atoms with van der Waals surface area (Å²) < 4.78 is 0. The van der Waals surface area contributed by atoms with E-state index >= 15 is 0 Å². The van der Waals surface area contributed by atoms with Crippen LogP contribution in [0.25, 0.3) is 0 Å². The summed E-state index contributed by atoms with van der Waals surface area (Å²) in [7, 11) is 4.06. The van der Waals surface area contributed by atoms with Gasteiger partial charge in [-0.1, -0.05) is 27.2 Å². The molecular formula is C14H26N2O2. The zero-order valence-electron chi connectivity index (χ0n) is 12.2. The molecule has 1 aliphatic carbocycles. The number of likely N-dealkylation sites (tertiary alicyclic amines) is 1. The van der Waals surface area contributed by atoms with E-state index in [1.54, 1.807) is 4.90 Å². The lowest BCUT2D eigenvalue weighted by Gasteiger charge is -2.54. The largest absolute Gasteiger partial charge is 0.465 e. The van der Waals surface area contributed by atoms with Gasteiger partial charge in [0.1, 0.15) is 5.66 Å². The number of nitrogens with zero attached hydrogens (tertiary/aromatic N) is 2. The molecule has 1 saturated carbocycles. The predicted molar refractivity (Wildman–Crippen MR) is 71.4 cm³/mol. The minimum atomic E-state index is -0.770. The molecule has 1 amide bonds. The van der Waals surface area contributed by atoms with Gasteiger partial charge in [0.25, 0.3) is 0 Å². The molecule has 3 unspecified atom stereocenters.